The van der Waals surface area contributed by atoms with Crippen molar-refractivity contribution < 1.29 is 9.59 Å². The zero-order valence-electron chi connectivity index (χ0n) is 14.1. The van der Waals surface area contributed by atoms with Gasteiger partial charge in [0.1, 0.15) is 0 Å². The number of amides is 2. The quantitative estimate of drug-likeness (QED) is 0.882. The van der Waals surface area contributed by atoms with E-state index in [1.54, 1.807) is 0 Å². The van der Waals surface area contributed by atoms with Crippen LogP contribution in [-0.2, 0) is 16.0 Å². The highest BCUT2D eigenvalue weighted by Crippen LogP contribution is 2.40. The van der Waals surface area contributed by atoms with Gasteiger partial charge in [-0.05, 0) is 36.5 Å². The molecule has 4 rings (SSSR count). The molecule has 1 saturated carbocycles. The number of para-hydroxylation sites is 1. The van der Waals surface area contributed by atoms with E-state index in [2.05, 4.69) is 22.8 Å². The van der Waals surface area contributed by atoms with E-state index < -0.39 is 0 Å². The molecule has 25 heavy (non-hydrogen) atoms. The van der Waals surface area contributed by atoms with Gasteiger partial charge in [-0.3, -0.25) is 9.59 Å². The van der Waals surface area contributed by atoms with Gasteiger partial charge in [0, 0.05) is 30.0 Å². The molecule has 1 aliphatic heterocycles. The number of hydrogen-bond acceptors (Lipinski definition) is 2. The maximum atomic E-state index is 12.2. The standard InChI is InChI=1S/C21H22N2O2/c24-20(22-19-13-17(19)14-6-2-1-3-7-14)11-10-16-12-15-8-4-5-9-18(15)23-21(16)25/h1-9,16-17,19H,10-13H2,(H,22,24)(H,23,25). The second-order valence-corrected chi connectivity index (χ2v) is 7.01. The molecule has 4 nitrogen and oxygen atoms in total. The summed E-state index contributed by atoms with van der Waals surface area (Å²) in [4.78, 5) is 24.4. The Morgan fingerprint density at radius 1 is 1.08 bits per heavy atom. The van der Waals surface area contributed by atoms with Crippen molar-refractivity contribution in [3.8, 4) is 0 Å². The van der Waals surface area contributed by atoms with Crippen LogP contribution >= 0.6 is 0 Å². The molecule has 0 saturated heterocycles. The monoisotopic (exact) mass is 334 g/mol. The van der Waals surface area contributed by atoms with E-state index in [0.717, 1.165) is 17.7 Å². The lowest BCUT2D eigenvalue weighted by molar-refractivity contribution is -0.122. The first-order valence-electron chi connectivity index (χ1n) is 8.94. The van der Waals surface area contributed by atoms with Crippen LogP contribution in [0.25, 0.3) is 0 Å². The number of benzene rings is 2. The number of anilines is 1. The summed E-state index contributed by atoms with van der Waals surface area (Å²) < 4.78 is 0. The number of carbonyl (C=O) groups excluding carboxylic acids is 2. The van der Waals surface area contributed by atoms with Gasteiger partial charge >= 0.3 is 0 Å². The molecule has 1 aliphatic carbocycles. The van der Waals surface area contributed by atoms with Crippen molar-refractivity contribution in [1.82, 2.24) is 5.32 Å². The summed E-state index contributed by atoms with van der Waals surface area (Å²) >= 11 is 0. The highest BCUT2D eigenvalue weighted by Gasteiger charge is 2.39. The SMILES string of the molecule is O=C(CCC1Cc2ccccc2NC1=O)NC1CC1c1ccccc1. The molecule has 2 aromatic carbocycles. The molecule has 2 aromatic rings. The molecule has 3 unspecified atom stereocenters. The molecule has 3 atom stereocenters. The summed E-state index contributed by atoms with van der Waals surface area (Å²) in [6.45, 7) is 0. The summed E-state index contributed by atoms with van der Waals surface area (Å²) in [5, 5.41) is 6.05. The zero-order chi connectivity index (χ0) is 17.2. The molecule has 0 bridgehead atoms. The lowest BCUT2D eigenvalue weighted by atomic mass is 9.89. The van der Waals surface area contributed by atoms with Gasteiger partial charge in [0.05, 0.1) is 0 Å². The van der Waals surface area contributed by atoms with Crippen molar-refractivity contribution in [3.63, 3.8) is 0 Å². The fourth-order valence-electron chi connectivity index (χ4n) is 3.65. The Morgan fingerprint density at radius 3 is 2.68 bits per heavy atom. The second kappa shape index (κ2) is 6.71. The minimum atomic E-state index is -0.121. The maximum Gasteiger partial charge on any atom is 0.227 e. The third-order valence-electron chi connectivity index (χ3n) is 5.20. The van der Waals surface area contributed by atoms with E-state index in [-0.39, 0.29) is 23.8 Å². The van der Waals surface area contributed by atoms with Gasteiger partial charge in [-0.1, -0.05) is 48.5 Å². The first kappa shape index (κ1) is 15.9. The van der Waals surface area contributed by atoms with E-state index in [1.807, 2.05) is 42.5 Å². The second-order valence-electron chi connectivity index (χ2n) is 7.01. The number of rotatable bonds is 5. The topological polar surface area (TPSA) is 58.2 Å². The summed E-state index contributed by atoms with van der Waals surface area (Å²) in [5.74, 6) is 0.398. The number of fused-ring (bicyclic) bond motifs is 1. The maximum absolute atomic E-state index is 12.2. The predicted molar refractivity (Wildman–Crippen MR) is 97.2 cm³/mol. The van der Waals surface area contributed by atoms with E-state index in [9.17, 15) is 9.59 Å². The number of nitrogens with one attached hydrogen (secondary N) is 2. The molecule has 4 heteroatoms. The zero-order valence-corrected chi connectivity index (χ0v) is 14.1. The Hall–Kier alpha value is -2.62. The highest BCUT2D eigenvalue weighted by atomic mass is 16.2. The molecule has 2 N–H and O–H groups in total. The molecular weight excluding hydrogens is 312 g/mol. The Bertz CT molecular complexity index is 787. The first-order chi connectivity index (χ1) is 12.2. The summed E-state index contributed by atoms with van der Waals surface area (Å²) in [7, 11) is 0. The molecule has 1 heterocycles. The van der Waals surface area contributed by atoms with Gasteiger partial charge in [0.25, 0.3) is 0 Å². The van der Waals surface area contributed by atoms with Crippen molar-refractivity contribution in [2.75, 3.05) is 5.32 Å². The third-order valence-corrected chi connectivity index (χ3v) is 5.20. The van der Waals surface area contributed by atoms with E-state index in [1.165, 1.54) is 5.56 Å². The van der Waals surface area contributed by atoms with Crippen LogP contribution in [0.3, 0.4) is 0 Å². The Labute approximate surface area is 147 Å². The molecule has 0 aromatic heterocycles. The molecular formula is C21H22N2O2. The van der Waals surface area contributed by atoms with Crippen molar-refractivity contribution in [2.24, 2.45) is 5.92 Å². The van der Waals surface area contributed by atoms with Crippen LogP contribution in [0.15, 0.2) is 54.6 Å². The number of hydrogen-bond donors (Lipinski definition) is 2. The minimum Gasteiger partial charge on any atom is -0.353 e. The van der Waals surface area contributed by atoms with Crippen LogP contribution in [0.1, 0.15) is 36.3 Å². The van der Waals surface area contributed by atoms with Crippen LogP contribution in [0.4, 0.5) is 5.69 Å². The molecule has 1 fully saturated rings. The Balaban J connectivity index is 1.27. The predicted octanol–water partition coefficient (Wildman–Crippen LogP) is 3.25. The first-order valence-corrected chi connectivity index (χ1v) is 8.94. The summed E-state index contributed by atoms with van der Waals surface area (Å²) in [6.07, 6.45) is 2.71. The molecule has 0 radical (unpaired) electrons. The molecule has 2 aliphatic rings. The number of carbonyl (C=O) groups is 2. The minimum absolute atomic E-state index is 0.0279. The van der Waals surface area contributed by atoms with Crippen molar-refractivity contribution >= 4 is 17.5 Å². The fraction of sp³-hybridized carbons (Fsp3) is 0.333. The van der Waals surface area contributed by atoms with Crippen molar-refractivity contribution in [1.29, 1.82) is 0 Å². The van der Waals surface area contributed by atoms with Gasteiger partial charge in [0.15, 0.2) is 0 Å². The Kier molecular flexibility index (Phi) is 4.26. The molecule has 0 spiro atoms. The molecule has 2 amide bonds. The average Bonchev–Trinajstić information content (AvgIpc) is 3.39. The van der Waals surface area contributed by atoms with Gasteiger partial charge in [-0.25, -0.2) is 0 Å². The van der Waals surface area contributed by atoms with Gasteiger partial charge in [0.2, 0.25) is 11.8 Å². The summed E-state index contributed by atoms with van der Waals surface area (Å²) in [5.41, 5.74) is 3.34. The van der Waals surface area contributed by atoms with Crippen LogP contribution in [0.2, 0.25) is 0 Å². The van der Waals surface area contributed by atoms with Crippen LogP contribution < -0.4 is 10.6 Å². The van der Waals surface area contributed by atoms with E-state index in [4.69, 9.17) is 0 Å². The average molecular weight is 334 g/mol. The normalized spacial score (nSPS) is 24.2. The Morgan fingerprint density at radius 2 is 1.84 bits per heavy atom. The van der Waals surface area contributed by atoms with Gasteiger partial charge in [-0.15, -0.1) is 0 Å². The van der Waals surface area contributed by atoms with Crippen LogP contribution in [0.5, 0.6) is 0 Å². The third kappa shape index (κ3) is 3.58. The lowest BCUT2D eigenvalue weighted by Gasteiger charge is -2.24. The lowest BCUT2D eigenvalue weighted by Crippen LogP contribution is -2.32. The fourth-order valence-corrected chi connectivity index (χ4v) is 3.65. The highest BCUT2D eigenvalue weighted by molar-refractivity contribution is 5.96. The smallest absolute Gasteiger partial charge is 0.227 e. The van der Waals surface area contributed by atoms with Gasteiger partial charge in [-0.2, -0.15) is 0 Å². The van der Waals surface area contributed by atoms with Crippen molar-refractivity contribution in [2.45, 2.75) is 37.6 Å². The van der Waals surface area contributed by atoms with Crippen LogP contribution in [-0.4, -0.2) is 17.9 Å². The summed E-state index contributed by atoms with van der Waals surface area (Å²) in [6, 6.07) is 18.4. The van der Waals surface area contributed by atoms with Crippen molar-refractivity contribution in [3.05, 3.63) is 65.7 Å². The van der Waals surface area contributed by atoms with Crippen LogP contribution in [0, 0.1) is 5.92 Å². The van der Waals surface area contributed by atoms with Gasteiger partial charge < -0.3 is 10.6 Å². The molecule has 128 valence electrons. The van der Waals surface area contributed by atoms with E-state index in [0.29, 0.717) is 25.2 Å². The largest absolute Gasteiger partial charge is 0.353 e. The van der Waals surface area contributed by atoms with E-state index >= 15 is 0 Å².